The summed E-state index contributed by atoms with van der Waals surface area (Å²) in [7, 11) is -3.54. The second kappa shape index (κ2) is 8.71. The van der Waals surface area contributed by atoms with E-state index in [0.29, 0.717) is 23.9 Å². The molecule has 28 heavy (non-hydrogen) atoms. The number of piperidine rings is 1. The van der Waals surface area contributed by atoms with E-state index in [1.54, 1.807) is 12.1 Å². The highest BCUT2D eigenvalue weighted by molar-refractivity contribution is 9.10. The molecule has 1 aliphatic heterocycles. The molecule has 0 saturated carbocycles. The van der Waals surface area contributed by atoms with Gasteiger partial charge in [-0.2, -0.15) is 0 Å². The lowest BCUT2D eigenvalue weighted by Crippen LogP contribution is -2.44. The molecule has 1 amide bonds. The van der Waals surface area contributed by atoms with Crippen molar-refractivity contribution >= 4 is 37.5 Å². The molecular formula is C20H22BrFN2O3S. The number of nitrogens with zero attached hydrogens (tertiary/aromatic N) is 1. The molecule has 1 unspecified atom stereocenters. The number of sulfonamides is 1. The number of hydrogen-bond acceptors (Lipinski definition) is 3. The minimum absolute atomic E-state index is 0.0879. The van der Waals surface area contributed by atoms with E-state index in [1.165, 1.54) is 16.4 Å². The third kappa shape index (κ3) is 4.98. The van der Waals surface area contributed by atoms with Gasteiger partial charge in [0, 0.05) is 17.6 Å². The van der Waals surface area contributed by atoms with Crippen molar-refractivity contribution in [1.29, 1.82) is 0 Å². The fourth-order valence-corrected chi connectivity index (χ4v) is 5.34. The van der Waals surface area contributed by atoms with Gasteiger partial charge >= 0.3 is 0 Å². The van der Waals surface area contributed by atoms with Crippen LogP contribution >= 0.6 is 15.9 Å². The van der Waals surface area contributed by atoms with Crippen molar-refractivity contribution in [2.45, 2.75) is 25.5 Å². The molecule has 0 bridgehead atoms. The molecule has 150 valence electrons. The van der Waals surface area contributed by atoms with Gasteiger partial charge in [0.15, 0.2) is 0 Å². The van der Waals surface area contributed by atoms with Crippen LogP contribution in [0.5, 0.6) is 0 Å². The van der Waals surface area contributed by atoms with Crippen LogP contribution in [0.25, 0.3) is 0 Å². The first kappa shape index (κ1) is 21.0. The molecule has 5 nitrogen and oxygen atoms in total. The Bertz CT molecular complexity index is 981. The summed E-state index contributed by atoms with van der Waals surface area (Å²) < 4.78 is 41.6. The first-order valence-electron chi connectivity index (χ1n) is 9.04. The molecule has 0 spiro atoms. The maximum atomic E-state index is 14.0. The number of halogens is 2. The average Bonchev–Trinajstić information content (AvgIpc) is 2.66. The molecule has 1 N–H and O–H groups in total. The van der Waals surface area contributed by atoms with Crippen LogP contribution in [0, 0.1) is 18.7 Å². The van der Waals surface area contributed by atoms with Gasteiger partial charge in [-0.25, -0.2) is 17.1 Å². The zero-order valence-electron chi connectivity index (χ0n) is 15.5. The van der Waals surface area contributed by atoms with E-state index in [-0.39, 0.29) is 23.9 Å². The molecule has 2 aromatic carbocycles. The molecule has 8 heteroatoms. The number of benzene rings is 2. The lowest BCUT2D eigenvalue weighted by molar-refractivity contribution is -0.120. The Morgan fingerprint density at radius 3 is 2.75 bits per heavy atom. The SMILES string of the molecule is Cc1ccccc1CS(=O)(=O)N1CCCC(C(=O)Nc2ccc(Br)cc2F)C1. The summed E-state index contributed by atoms with van der Waals surface area (Å²) in [6.45, 7) is 2.38. The molecule has 1 aliphatic rings. The van der Waals surface area contributed by atoms with Crippen molar-refractivity contribution in [1.82, 2.24) is 4.31 Å². The van der Waals surface area contributed by atoms with Gasteiger partial charge in [0.05, 0.1) is 17.4 Å². The Kier molecular flexibility index (Phi) is 6.52. The highest BCUT2D eigenvalue weighted by Crippen LogP contribution is 2.25. The van der Waals surface area contributed by atoms with Gasteiger partial charge in [-0.05, 0) is 49.1 Å². The second-order valence-electron chi connectivity index (χ2n) is 6.99. The van der Waals surface area contributed by atoms with E-state index in [1.807, 2.05) is 25.1 Å². The fourth-order valence-electron chi connectivity index (χ4n) is 3.29. The maximum Gasteiger partial charge on any atom is 0.228 e. The molecule has 0 aliphatic carbocycles. The number of carbonyl (C=O) groups excluding carboxylic acids is 1. The van der Waals surface area contributed by atoms with Crippen LogP contribution in [0.3, 0.4) is 0 Å². The predicted molar refractivity (Wildman–Crippen MR) is 111 cm³/mol. The summed E-state index contributed by atoms with van der Waals surface area (Å²) in [6.07, 6.45) is 1.16. The van der Waals surface area contributed by atoms with Crippen LogP contribution in [-0.2, 0) is 20.6 Å². The minimum Gasteiger partial charge on any atom is -0.323 e. The van der Waals surface area contributed by atoms with E-state index >= 15 is 0 Å². The van der Waals surface area contributed by atoms with Crippen LogP contribution in [0.2, 0.25) is 0 Å². The molecule has 1 heterocycles. The van der Waals surface area contributed by atoms with Crippen molar-refractivity contribution in [2.75, 3.05) is 18.4 Å². The van der Waals surface area contributed by atoms with Gasteiger partial charge in [0.2, 0.25) is 15.9 Å². The Labute approximate surface area is 173 Å². The lowest BCUT2D eigenvalue weighted by atomic mass is 9.98. The summed E-state index contributed by atoms with van der Waals surface area (Å²) in [4.78, 5) is 12.6. The number of anilines is 1. The van der Waals surface area contributed by atoms with Gasteiger partial charge in [-0.1, -0.05) is 40.2 Å². The molecule has 0 radical (unpaired) electrons. The van der Waals surface area contributed by atoms with Gasteiger partial charge in [0.1, 0.15) is 5.82 Å². The number of nitrogens with one attached hydrogen (secondary N) is 1. The van der Waals surface area contributed by atoms with E-state index < -0.39 is 21.8 Å². The summed E-state index contributed by atoms with van der Waals surface area (Å²) in [5, 5.41) is 2.58. The van der Waals surface area contributed by atoms with E-state index in [4.69, 9.17) is 0 Å². The quantitative estimate of drug-likeness (QED) is 0.718. The summed E-state index contributed by atoms with van der Waals surface area (Å²) in [6, 6.07) is 11.8. The molecule has 1 saturated heterocycles. The van der Waals surface area contributed by atoms with Crippen molar-refractivity contribution in [3.63, 3.8) is 0 Å². The van der Waals surface area contributed by atoms with Gasteiger partial charge in [0.25, 0.3) is 0 Å². The normalized spacial score (nSPS) is 18.0. The Balaban J connectivity index is 1.69. The van der Waals surface area contributed by atoms with Gasteiger partial charge < -0.3 is 5.32 Å². The third-order valence-electron chi connectivity index (χ3n) is 4.94. The highest BCUT2D eigenvalue weighted by atomic mass is 79.9. The van der Waals surface area contributed by atoms with Crippen molar-refractivity contribution in [3.05, 3.63) is 63.9 Å². The van der Waals surface area contributed by atoms with Crippen LogP contribution in [0.1, 0.15) is 24.0 Å². The van der Waals surface area contributed by atoms with Crippen LogP contribution < -0.4 is 5.32 Å². The third-order valence-corrected chi connectivity index (χ3v) is 7.22. The molecule has 3 rings (SSSR count). The van der Waals surface area contributed by atoms with E-state index in [2.05, 4.69) is 21.2 Å². The minimum atomic E-state index is -3.54. The zero-order chi connectivity index (χ0) is 20.3. The van der Waals surface area contributed by atoms with E-state index in [9.17, 15) is 17.6 Å². The summed E-state index contributed by atoms with van der Waals surface area (Å²) in [5.41, 5.74) is 1.77. The maximum absolute atomic E-state index is 14.0. The van der Waals surface area contributed by atoms with Crippen molar-refractivity contribution < 1.29 is 17.6 Å². The Morgan fingerprint density at radius 1 is 1.29 bits per heavy atom. The Morgan fingerprint density at radius 2 is 2.04 bits per heavy atom. The van der Waals surface area contributed by atoms with Gasteiger partial charge in [-0.15, -0.1) is 0 Å². The topological polar surface area (TPSA) is 66.5 Å². The predicted octanol–water partition coefficient (Wildman–Crippen LogP) is 4.08. The molecule has 1 fully saturated rings. The molecule has 0 aromatic heterocycles. The molecular weight excluding hydrogens is 447 g/mol. The number of amides is 1. The number of aryl methyl sites for hydroxylation is 1. The smallest absolute Gasteiger partial charge is 0.228 e. The summed E-state index contributed by atoms with van der Waals surface area (Å²) in [5.74, 6) is -1.50. The standard InChI is InChI=1S/C20H22BrFN2O3S/c1-14-5-2-3-6-16(14)13-28(26,27)24-10-4-7-15(12-24)20(25)23-19-9-8-17(21)11-18(19)22/h2-3,5-6,8-9,11,15H,4,7,10,12-13H2,1H3,(H,23,25). The molecule has 1 atom stereocenters. The number of hydrogen-bond donors (Lipinski definition) is 1. The lowest BCUT2D eigenvalue weighted by Gasteiger charge is -2.31. The number of rotatable bonds is 5. The van der Waals surface area contributed by atoms with Crippen LogP contribution in [0.15, 0.2) is 46.9 Å². The average molecular weight is 469 g/mol. The van der Waals surface area contributed by atoms with Crippen LogP contribution in [0.4, 0.5) is 10.1 Å². The monoisotopic (exact) mass is 468 g/mol. The highest BCUT2D eigenvalue weighted by Gasteiger charge is 2.32. The first-order valence-corrected chi connectivity index (χ1v) is 11.4. The largest absolute Gasteiger partial charge is 0.323 e. The van der Waals surface area contributed by atoms with Gasteiger partial charge in [-0.3, -0.25) is 4.79 Å². The first-order chi connectivity index (χ1) is 13.3. The van der Waals surface area contributed by atoms with Crippen molar-refractivity contribution in [2.24, 2.45) is 5.92 Å². The fraction of sp³-hybridized carbons (Fsp3) is 0.350. The second-order valence-corrected chi connectivity index (χ2v) is 9.88. The van der Waals surface area contributed by atoms with Crippen molar-refractivity contribution in [3.8, 4) is 0 Å². The van der Waals surface area contributed by atoms with E-state index in [0.717, 1.165) is 11.1 Å². The Hall–Kier alpha value is -1.77. The zero-order valence-corrected chi connectivity index (χ0v) is 17.9. The summed E-state index contributed by atoms with van der Waals surface area (Å²) >= 11 is 3.17. The molecule has 2 aromatic rings. The number of carbonyl (C=O) groups is 1. The van der Waals surface area contributed by atoms with Crippen LogP contribution in [-0.4, -0.2) is 31.7 Å².